The van der Waals surface area contributed by atoms with Gasteiger partial charge >= 0.3 is 0 Å². The average Bonchev–Trinajstić information content (AvgIpc) is 4.48. The third-order valence-corrected chi connectivity index (χ3v) is 14.3. The van der Waals surface area contributed by atoms with E-state index in [0.29, 0.717) is 41.6 Å². The summed E-state index contributed by atoms with van der Waals surface area (Å²) in [5.41, 5.74) is 13.2. The Morgan fingerprint density at radius 3 is 2.01 bits per heavy atom. The number of benzene rings is 2. The largest absolute Gasteiger partial charge is 0.508 e. The van der Waals surface area contributed by atoms with Gasteiger partial charge in [-0.15, -0.1) is 0 Å². The summed E-state index contributed by atoms with van der Waals surface area (Å²) in [5, 5.41) is 45.3. The molecule has 9 atom stereocenters. The van der Waals surface area contributed by atoms with Crippen LogP contribution in [0.2, 0.25) is 0 Å². The molecule has 2 aromatic heterocycles. The Morgan fingerprint density at radius 1 is 0.738 bits per heavy atom. The summed E-state index contributed by atoms with van der Waals surface area (Å²) in [7, 11) is 0. The van der Waals surface area contributed by atoms with E-state index in [1.807, 2.05) is 19.9 Å². The number of amides is 10. The first-order valence-electron chi connectivity index (χ1n) is 28.1. The van der Waals surface area contributed by atoms with Crippen LogP contribution in [0.5, 0.6) is 5.75 Å². The van der Waals surface area contributed by atoms with Crippen LogP contribution >= 0.6 is 0 Å². The fourth-order valence-electron chi connectivity index (χ4n) is 9.93. The molecule has 0 spiro atoms. The molecule has 4 aromatic rings. The smallest absolute Gasteiger partial charge is 0.245 e. The maximum Gasteiger partial charge on any atom is 0.245 e. The highest BCUT2D eigenvalue weighted by molar-refractivity contribution is 5.99. The van der Waals surface area contributed by atoms with Gasteiger partial charge in [0.05, 0.1) is 12.9 Å². The van der Waals surface area contributed by atoms with Crippen molar-refractivity contribution in [2.24, 2.45) is 22.4 Å². The number of fused-ring (bicyclic) bond motifs is 1. The number of aromatic amines is 2. The number of aliphatic hydroxyl groups excluding tert-OH is 1. The lowest BCUT2D eigenvalue weighted by Gasteiger charge is -2.30. The quantitative estimate of drug-likeness (QED) is 0.0146. The van der Waals surface area contributed by atoms with Crippen LogP contribution in [0.3, 0.4) is 0 Å². The number of hydrogen-bond acceptors (Lipinski definition) is 14. The molecule has 2 fully saturated rings. The van der Waals surface area contributed by atoms with Crippen LogP contribution in [-0.2, 0) is 67.2 Å². The second kappa shape index (κ2) is 30.8. The Bertz CT molecular complexity index is 2980. The minimum absolute atomic E-state index is 0.0879. The van der Waals surface area contributed by atoms with Gasteiger partial charge in [-0.3, -0.25) is 52.9 Å². The Balaban J connectivity index is 1.18. The number of likely N-dealkylation sites (N-methyl/N-ethyl adjacent to an activating group) is 1. The molecule has 2 saturated heterocycles. The number of nitrogens with zero attached hydrogens (tertiary/aromatic N) is 3. The van der Waals surface area contributed by atoms with Crippen molar-refractivity contribution in [1.29, 1.82) is 0 Å². The first-order chi connectivity index (χ1) is 40.1. The number of guanidine groups is 1. The zero-order chi connectivity index (χ0) is 61.0. The molecule has 2 aliphatic heterocycles. The summed E-state index contributed by atoms with van der Waals surface area (Å²) >= 11 is 0. The van der Waals surface area contributed by atoms with E-state index in [-0.39, 0.29) is 93.9 Å². The zero-order valence-corrected chi connectivity index (χ0v) is 47.5. The van der Waals surface area contributed by atoms with Crippen LogP contribution in [0.15, 0.2) is 72.2 Å². The summed E-state index contributed by atoms with van der Waals surface area (Å²) in [6, 6.07) is 1.50. The number of imidazole rings is 1. The molecule has 84 heavy (non-hydrogen) atoms. The Labute approximate surface area is 485 Å². The van der Waals surface area contributed by atoms with Crippen LogP contribution in [0, 0.1) is 5.92 Å². The molecule has 4 heterocycles. The average molecular weight is 1170 g/mol. The number of para-hydroxylation sites is 1. The van der Waals surface area contributed by atoms with E-state index in [0.717, 1.165) is 5.52 Å². The van der Waals surface area contributed by atoms with Crippen LogP contribution < -0.4 is 59.3 Å². The fraction of sp³-hybridized carbons (Fsp3) is 0.500. The van der Waals surface area contributed by atoms with Crippen molar-refractivity contribution in [1.82, 2.24) is 67.7 Å². The molecule has 454 valence electrons. The van der Waals surface area contributed by atoms with Gasteiger partial charge in [-0.2, -0.15) is 0 Å². The number of aromatic nitrogens is 3. The van der Waals surface area contributed by atoms with E-state index in [2.05, 4.69) is 67.8 Å². The number of carbonyl (C=O) groups is 10. The third-order valence-electron chi connectivity index (χ3n) is 14.3. The minimum atomic E-state index is -1.75. The molecule has 0 unspecified atom stereocenters. The van der Waals surface area contributed by atoms with Crippen molar-refractivity contribution in [3.8, 4) is 5.75 Å². The highest BCUT2D eigenvalue weighted by atomic mass is 16.3. The van der Waals surface area contributed by atoms with Gasteiger partial charge in [-0.25, -0.2) is 4.98 Å². The number of aromatic hydroxyl groups is 1. The number of likely N-dealkylation sites (tertiary alicyclic amines) is 1. The topological polar surface area (TPSA) is 432 Å². The van der Waals surface area contributed by atoms with Crippen molar-refractivity contribution in [3.63, 3.8) is 0 Å². The highest BCUT2D eigenvalue weighted by Gasteiger charge is 2.39. The van der Waals surface area contributed by atoms with Crippen LogP contribution in [0.1, 0.15) is 89.5 Å². The van der Waals surface area contributed by atoms with Crippen molar-refractivity contribution < 1.29 is 58.2 Å². The van der Waals surface area contributed by atoms with E-state index in [1.165, 1.54) is 48.6 Å². The van der Waals surface area contributed by atoms with E-state index in [9.17, 15) is 58.2 Å². The summed E-state index contributed by atoms with van der Waals surface area (Å²) in [6.07, 6.45) is 5.75. The summed E-state index contributed by atoms with van der Waals surface area (Å²) < 4.78 is 0. The molecule has 6 rings (SSSR count). The monoisotopic (exact) mass is 1170 g/mol. The van der Waals surface area contributed by atoms with Crippen LogP contribution in [0.25, 0.3) is 10.9 Å². The normalized spacial score (nSPS) is 17.3. The zero-order valence-electron chi connectivity index (χ0n) is 47.5. The van der Waals surface area contributed by atoms with E-state index in [1.54, 1.807) is 31.3 Å². The number of hydrogen-bond donors (Lipinski definition) is 15. The molecule has 0 saturated carbocycles. The van der Waals surface area contributed by atoms with Crippen molar-refractivity contribution >= 4 is 75.9 Å². The molecule has 2 aromatic carbocycles. The summed E-state index contributed by atoms with van der Waals surface area (Å²) in [5.74, 6) is -7.43. The van der Waals surface area contributed by atoms with Crippen LogP contribution in [0.4, 0.5) is 0 Å². The molecular formula is C56H78N16O12. The van der Waals surface area contributed by atoms with Gasteiger partial charge in [0.15, 0.2) is 5.96 Å². The third kappa shape index (κ3) is 18.5. The lowest BCUT2D eigenvalue weighted by atomic mass is 10.0. The van der Waals surface area contributed by atoms with E-state index in [4.69, 9.17) is 11.5 Å². The maximum atomic E-state index is 14.5. The first kappa shape index (κ1) is 64.1. The van der Waals surface area contributed by atoms with Gasteiger partial charge in [-0.05, 0) is 87.6 Å². The minimum Gasteiger partial charge on any atom is -0.508 e. The molecule has 28 nitrogen and oxygen atoms in total. The Hall–Kier alpha value is -9.08. The van der Waals surface area contributed by atoms with E-state index >= 15 is 0 Å². The summed E-state index contributed by atoms with van der Waals surface area (Å²) in [4.78, 5) is 153. The number of aliphatic hydroxyl groups is 1. The molecule has 0 bridgehead atoms. The maximum absolute atomic E-state index is 14.5. The molecular weight excluding hydrogens is 1090 g/mol. The number of phenolic OH excluding ortho intramolecular Hbond substituents is 1. The number of aliphatic imine (C=N–C) groups is 1. The lowest BCUT2D eigenvalue weighted by molar-refractivity contribution is -0.142. The molecule has 10 amide bonds. The number of nitrogens with one attached hydrogen (secondary N) is 11. The van der Waals surface area contributed by atoms with Crippen molar-refractivity contribution in [2.45, 2.75) is 146 Å². The van der Waals surface area contributed by atoms with E-state index < -0.39 is 108 Å². The van der Waals surface area contributed by atoms with Gasteiger partial charge in [0, 0.05) is 74.3 Å². The number of rotatable bonds is 30. The van der Waals surface area contributed by atoms with Gasteiger partial charge in [0.1, 0.15) is 60.1 Å². The molecule has 0 aliphatic carbocycles. The molecule has 0 radical (unpaired) electrons. The van der Waals surface area contributed by atoms with Gasteiger partial charge in [-0.1, -0.05) is 44.2 Å². The number of H-pyrrole nitrogens is 2. The molecule has 28 heteroatoms. The SMILES string of the molecule is CCNC(=O)[C@@H]1CCCN1C(=O)[C@H](CCCN=C(N)N)NC(=O)[C@H](CC(C)C)NC(=O)[C@@H](C)NC(=O)[C@H](Cc1ccc(O)cc1)NC(=O)[C@@H](CO)NC(=O)[C@H](Cc1c[nH]c2ccccc12)NC(=O)[C@H](Cc1cnc[nH]1)NC(=O)[C@H]1CCC(=O)N1. The van der Waals surface area contributed by atoms with Gasteiger partial charge in [0.25, 0.3) is 0 Å². The second-order valence-electron chi connectivity index (χ2n) is 21.3. The standard InChI is InChI=1S/C56H78N16O12/c1-5-60-54(83)45-13-9-21-72(45)55(84)39(12-8-20-61-56(57)58)66-50(79)40(22-30(2)3)67-47(76)31(4)64-49(78)41(23-32-14-16-35(74)17-15-32)68-53(82)44(28-73)71-51(80)42(24-33-26-62-37-11-7-6-10-36(33)37)69-52(81)43(25-34-27-59-29-63-34)70-48(77)38-18-19-46(75)65-38/h6-7,10-11,14-17,26-27,29-31,38-45,62,73-74H,5,8-9,12-13,18-25,28H2,1-4H3,(H,59,63)(H,60,83)(H,64,78)(H,65,75)(H,66,79)(H,67,76)(H,68,82)(H,69,81)(H,70,77)(H,71,80)(H4,57,58,61)/t31-,38-,39+,40+,41+,42+,43+,44-,45+/m1/s1. The predicted octanol–water partition coefficient (Wildman–Crippen LogP) is -2.46. The number of phenols is 1. The lowest BCUT2D eigenvalue weighted by Crippen LogP contribution is -2.61. The first-order valence-corrected chi connectivity index (χ1v) is 28.1. The predicted molar refractivity (Wildman–Crippen MR) is 306 cm³/mol. The molecule has 17 N–H and O–H groups in total. The van der Waals surface area contributed by atoms with Gasteiger partial charge < -0.3 is 84.4 Å². The Kier molecular flexibility index (Phi) is 23.5. The van der Waals surface area contributed by atoms with Crippen LogP contribution in [-0.4, -0.2) is 176 Å². The Morgan fingerprint density at radius 2 is 1.37 bits per heavy atom. The number of carbonyl (C=O) groups excluding carboxylic acids is 10. The van der Waals surface area contributed by atoms with Crippen molar-refractivity contribution in [3.05, 3.63) is 84.1 Å². The highest BCUT2D eigenvalue weighted by Crippen LogP contribution is 2.22. The van der Waals surface area contributed by atoms with Crippen molar-refractivity contribution in [2.75, 3.05) is 26.2 Å². The summed E-state index contributed by atoms with van der Waals surface area (Å²) in [6.45, 7) is 6.52. The fourth-order valence-corrected chi connectivity index (χ4v) is 9.93. The number of nitrogens with two attached hydrogens (primary N) is 2. The second-order valence-corrected chi connectivity index (χ2v) is 21.3. The van der Waals surface area contributed by atoms with Gasteiger partial charge in [0.2, 0.25) is 59.1 Å². The molecule has 2 aliphatic rings.